The quantitative estimate of drug-likeness (QED) is 0.662. The molecule has 0 aliphatic carbocycles. The highest BCUT2D eigenvalue weighted by molar-refractivity contribution is 14.1. The molecule has 0 spiro atoms. The summed E-state index contributed by atoms with van der Waals surface area (Å²) in [5, 5.41) is 10.7. The number of hydrogen-bond donors (Lipinski definition) is 1. The summed E-state index contributed by atoms with van der Waals surface area (Å²) in [7, 11) is 0. The van der Waals surface area contributed by atoms with Gasteiger partial charge in [-0.1, -0.05) is 12.1 Å². The molecule has 0 bridgehead atoms. The minimum atomic E-state index is -0.202. The van der Waals surface area contributed by atoms with Gasteiger partial charge in [0, 0.05) is 3.57 Å². The van der Waals surface area contributed by atoms with Crippen molar-refractivity contribution < 1.29 is 4.79 Å². The molecule has 0 aromatic heterocycles. The second-order valence-electron chi connectivity index (χ2n) is 2.32. The van der Waals surface area contributed by atoms with E-state index in [4.69, 9.17) is 5.26 Å². The molecule has 0 heterocycles. The first-order valence-corrected chi connectivity index (χ1v) is 4.73. The average Bonchev–Trinajstić information content (AvgIpc) is 2.15. The normalized spacial score (nSPS) is 8.92. The van der Waals surface area contributed by atoms with Crippen LogP contribution in [0.25, 0.3) is 0 Å². The van der Waals surface area contributed by atoms with Gasteiger partial charge in [0.15, 0.2) is 0 Å². The lowest BCUT2D eigenvalue weighted by Crippen LogP contribution is -2.24. The van der Waals surface area contributed by atoms with Gasteiger partial charge in [0.25, 0.3) is 5.91 Å². The smallest absolute Gasteiger partial charge is 0.253 e. The van der Waals surface area contributed by atoms with Crippen LogP contribution in [-0.2, 0) is 0 Å². The third-order valence-electron chi connectivity index (χ3n) is 1.45. The predicted octanol–water partition coefficient (Wildman–Crippen LogP) is 1.54. The van der Waals surface area contributed by atoms with Crippen LogP contribution in [0.5, 0.6) is 0 Å². The maximum atomic E-state index is 11.4. The summed E-state index contributed by atoms with van der Waals surface area (Å²) >= 11 is 2.08. The maximum absolute atomic E-state index is 11.4. The van der Waals surface area contributed by atoms with Crippen molar-refractivity contribution in [2.75, 3.05) is 6.54 Å². The van der Waals surface area contributed by atoms with Gasteiger partial charge in [-0.25, -0.2) is 0 Å². The number of nitrogens with one attached hydrogen (secondary N) is 1. The standard InChI is InChI=1S/C9H7IN2O/c10-8-4-2-1-3-7(8)9(13)12-6-5-11/h1-4H,6H2,(H,12,13). The largest absolute Gasteiger partial charge is 0.339 e. The van der Waals surface area contributed by atoms with Crippen LogP contribution in [0.15, 0.2) is 24.3 Å². The molecule has 0 unspecified atom stereocenters. The Morgan fingerprint density at radius 2 is 2.23 bits per heavy atom. The molecule has 1 aromatic carbocycles. The minimum Gasteiger partial charge on any atom is -0.339 e. The van der Waals surface area contributed by atoms with Crippen molar-refractivity contribution in [1.82, 2.24) is 5.32 Å². The molecule has 0 saturated carbocycles. The average molecular weight is 286 g/mol. The van der Waals surface area contributed by atoms with Crippen LogP contribution in [0, 0.1) is 14.9 Å². The van der Waals surface area contributed by atoms with Gasteiger partial charge >= 0.3 is 0 Å². The second kappa shape index (κ2) is 4.82. The first kappa shape index (κ1) is 9.99. The summed E-state index contributed by atoms with van der Waals surface area (Å²) in [5.41, 5.74) is 0.610. The zero-order valence-electron chi connectivity index (χ0n) is 6.75. The van der Waals surface area contributed by atoms with E-state index >= 15 is 0 Å². The van der Waals surface area contributed by atoms with E-state index in [1.165, 1.54) is 0 Å². The molecule has 1 amide bonds. The molecule has 0 saturated heterocycles. The number of hydrogen-bond acceptors (Lipinski definition) is 2. The van der Waals surface area contributed by atoms with Gasteiger partial charge in [0.2, 0.25) is 0 Å². The van der Waals surface area contributed by atoms with Gasteiger partial charge in [0.05, 0.1) is 11.6 Å². The van der Waals surface area contributed by atoms with E-state index in [0.717, 1.165) is 3.57 Å². The second-order valence-corrected chi connectivity index (χ2v) is 3.48. The first-order chi connectivity index (χ1) is 6.25. The third kappa shape index (κ3) is 2.70. The fourth-order valence-electron chi connectivity index (χ4n) is 0.860. The summed E-state index contributed by atoms with van der Waals surface area (Å²) < 4.78 is 0.885. The molecule has 1 N–H and O–H groups in total. The summed E-state index contributed by atoms with van der Waals surface area (Å²) in [4.78, 5) is 11.4. The van der Waals surface area contributed by atoms with Crippen molar-refractivity contribution >= 4 is 28.5 Å². The predicted molar refractivity (Wildman–Crippen MR) is 57.1 cm³/mol. The summed E-state index contributed by atoms with van der Waals surface area (Å²) in [6.07, 6.45) is 0. The monoisotopic (exact) mass is 286 g/mol. The highest BCUT2D eigenvalue weighted by Gasteiger charge is 2.06. The SMILES string of the molecule is N#CCNC(=O)c1ccccc1I. The van der Waals surface area contributed by atoms with E-state index < -0.39 is 0 Å². The summed E-state index contributed by atoms with van der Waals surface area (Å²) in [5.74, 6) is -0.202. The lowest BCUT2D eigenvalue weighted by molar-refractivity contribution is 0.0957. The number of carbonyl (C=O) groups excluding carboxylic acids is 1. The Kier molecular flexibility index (Phi) is 3.71. The van der Waals surface area contributed by atoms with Crippen LogP contribution < -0.4 is 5.32 Å². The molecule has 13 heavy (non-hydrogen) atoms. The van der Waals surface area contributed by atoms with E-state index in [9.17, 15) is 4.79 Å². The molecule has 66 valence electrons. The Bertz CT molecular complexity index is 357. The number of benzene rings is 1. The van der Waals surface area contributed by atoms with Crippen molar-refractivity contribution in [1.29, 1.82) is 5.26 Å². The molecule has 3 nitrogen and oxygen atoms in total. The zero-order valence-corrected chi connectivity index (χ0v) is 8.91. The van der Waals surface area contributed by atoms with Crippen LogP contribution in [0.2, 0.25) is 0 Å². The lowest BCUT2D eigenvalue weighted by atomic mass is 10.2. The van der Waals surface area contributed by atoms with Gasteiger partial charge in [-0.15, -0.1) is 0 Å². The van der Waals surface area contributed by atoms with Crippen LogP contribution in [0.3, 0.4) is 0 Å². The number of nitrogens with zero attached hydrogens (tertiary/aromatic N) is 1. The highest BCUT2D eigenvalue weighted by Crippen LogP contribution is 2.10. The van der Waals surface area contributed by atoms with E-state index in [0.29, 0.717) is 5.56 Å². The van der Waals surface area contributed by atoms with Gasteiger partial charge < -0.3 is 5.32 Å². The first-order valence-electron chi connectivity index (χ1n) is 3.65. The molecular formula is C9H7IN2O. The number of nitriles is 1. The number of rotatable bonds is 2. The van der Waals surface area contributed by atoms with Gasteiger partial charge in [-0.3, -0.25) is 4.79 Å². The topological polar surface area (TPSA) is 52.9 Å². The highest BCUT2D eigenvalue weighted by atomic mass is 127. The lowest BCUT2D eigenvalue weighted by Gasteiger charge is -2.02. The fraction of sp³-hybridized carbons (Fsp3) is 0.111. The summed E-state index contributed by atoms with van der Waals surface area (Å²) in [6, 6.07) is 9.09. The number of carbonyl (C=O) groups is 1. The van der Waals surface area contributed by atoms with Crippen molar-refractivity contribution in [2.24, 2.45) is 0 Å². The van der Waals surface area contributed by atoms with E-state index in [1.54, 1.807) is 12.1 Å². The number of amides is 1. The molecule has 0 atom stereocenters. The van der Waals surface area contributed by atoms with E-state index in [2.05, 4.69) is 27.9 Å². The Hall–Kier alpha value is -1.09. The maximum Gasteiger partial charge on any atom is 0.253 e. The molecule has 0 fully saturated rings. The van der Waals surface area contributed by atoms with Gasteiger partial charge in [0.1, 0.15) is 6.54 Å². The number of halogens is 1. The Morgan fingerprint density at radius 3 is 2.85 bits per heavy atom. The van der Waals surface area contributed by atoms with Crippen molar-refractivity contribution in [2.45, 2.75) is 0 Å². The molecule has 0 aliphatic heterocycles. The third-order valence-corrected chi connectivity index (χ3v) is 2.39. The molecule has 1 aromatic rings. The molecule has 0 aliphatic rings. The van der Waals surface area contributed by atoms with E-state index in [-0.39, 0.29) is 12.5 Å². The van der Waals surface area contributed by atoms with Gasteiger partial charge in [-0.2, -0.15) is 5.26 Å². The Balaban J connectivity index is 2.78. The van der Waals surface area contributed by atoms with Crippen molar-refractivity contribution in [3.8, 4) is 6.07 Å². The van der Waals surface area contributed by atoms with Crippen LogP contribution in [0.1, 0.15) is 10.4 Å². The van der Waals surface area contributed by atoms with Crippen molar-refractivity contribution in [3.63, 3.8) is 0 Å². The molecular weight excluding hydrogens is 279 g/mol. The minimum absolute atomic E-state index is 0.0454. The molecule has 0 radical (unpaired) electrons. The van der Waals surface area contributed by atoms with E-state index in [1.807, 2.05) is 18.2 Å². The Labute approximate surface area is 89.9 Å². The van der Waals surface area contributed by atoms with Crippen LogP contribution in [-0.4, -0.2) is 12.5 Å². The van der Waals surface area contributed by atoms with Crippen LogP contribution in [0.4, 0.5) is 0 Å². The Morgan fingerprint density at radius 1 is 1.54 bits per heavy atom. The van der Waals surface area contributed by atoms with Crippen LogP contribution >= 0.6 is 22.6 Å². The van der Waals surface area contributed by atoms with Gasteiger partial charge in [-0.05, 0) is 34.7 Å². The molecule has 1 rings (SSSR count). The zero-order chi connectivity index (χ0) is 9.68. The van der Waals surface area contributed by atoms with Crippen molar-refractivity contribution in [3.05, 3.63) is 33.4 Å². The summed E-state index contributed by atoms with van der Waals surface area (Å²) in [6.45, 7) is 0.0454. The fourth-order valence-corrected chi connectivity index (χ4v) is 1.49. The molecule has 4 heteroatoms.